The standard InChI is InChI=1S/C9H21OS/c1-4-7-11(10,8-5-2)9-6-3/h4-9H2,1-3H3/q+1. The first-order valence-corrected chi connectivity index (χ1v) is 6.72. The second-order valence-corrected chi connectivity index (χ2v) is 6.23. The minimum atomic E-state index is -1.44. The van der Waals surface area contributed by atoms with Crippen LogP contribution in [0.2, 0.25) is 0 Å². The Morgan fingerprint density at radius 1 is 0.818 bits per heavy atom. The Hall–Kier alpha value is 0.150. The van der Waals surface area contributed by atoms with Crippen LogP contribution in [0.5, 0.6) is 0 Å². The molecule has 0 saturated heterocycles. The SMILES string of the molecule is CCC[S+](=O)(CCC)CCC. The Bertz CT molecular complexity index is 108. The van der Waals surface area contributed by atoms with Gasteiger partial charge in [-0.15, -0.1) is 4.21 Å². The van der Waals surface area contributed by atoms with Gasteiger partial charge in [0.1, 0.15) is 17.3 Å². The van der Waals surface area contributed by atoms with Crippen molar-refractivity contribution in [1.29, 1.82) is 0 Å². The van der Waals surface area contributed by atoms with Crippen LogP contribution in [0.25, 0.3) is 0 Å². The lowest BCUT2D eigenvalue weighted by Gasteiger charge is -2.08. The maximum absolute atomic E-state index is 12.0. The third kappa shape index (κ3) is 4.57. The quantitative estimate of drug-likeness (QED) is 0.570. The van der Waals surface area contributed by atoms with Crippen molar-refractivity contribution >= 4 is 9.93 Å². The predicted octanol–water partition coefficient (Wildman–Crippen LogP) is 2.72. The van der Waals surface area contributed by atoms with E-state index in [1.54, 1.807) is 0 Å². The van der Waals surface area contributed by atoms with Crippen LogP contribution in [0.1, 0.15) is 40.0 Å². The van der Waals surface area contributed by atoms with Crippen molar-refractivity contribution in [3.05, 3.63) is 0 Å². The van der Waals surface area contributed by atoms with Gasteiger partial charge >= 0.3 is 0 Å². The Morgan fingerprint density at radius 2 is 1.09 bits per heavy atom. The van der Waals surface area contributed by atoms with Gasteiger partial charge in [-0.2, -0.15) is 0 Å². The summed E-state index contributed by atoms with van der Waals surface area (Å²) in [4.78, 5) is 0. The molecule has 0 amide bonds. The molecule has 0 heterocycles. The highest BCUT2D eigenvalue weighted by Gasteiger charge is 2.23. The molecule has 0 aliphatic rings. The molecule has 0 rings (SSSR count). The molecule has 0 N–H and O–H groups in total. The molecule has 2 heteroatoms. The summed E-state index contributed by atoms with van der Waals surface area (Å²) in [5, 5.41) is 0. The summed E-state index contributed by atoms with van der Waals surface area (Å²) in [6.07, 6.45) is 3.20. The molecule has 0 fully saturated rings. The summed E-state index contributed by atoms with van der Waals surface area (Å²) in [6.45, 7) is 6.35. The van der Waals surface area contributed by atoms with Gasteiger partial charge in [-0.1, -0.05) is 20.8 Å². The van der Waals surface area contributed by atoms with E-state index in [4.69, 9.17) is 0 Å². The molecule has 0 aromatic heterocycles. The van der Waals surface area contributed by atoms with E-state index < -0.39 is 9.93 Å². The van der Waals surface area contributed by atoms with Crippen LogP contribution in [-0.4, -0.2) is 17.3 Å². The van der Waals surface area contributed by atoms with E-state index in [1.807, 2.05) is 0 Å². The molecule has 0 aliphatic heterocycles. The minimum absolute atomic E-state index is 0.939. The van der Waals surface area contributed by atoms with Gasteiger partial charge in [0.25, 0.3) is 0 Å². The van der Waals surface area contributed by atoms with Crippen LogP contribution in [0.3, 0.4) is 0 Å². The van der Waals surface area contributed by atoms with E-state index >= 15 is 0 Å². The smallest absolute Gasteiger partial charge is 0.106 e. The molecule has 0 radical (unpaired) electrons. The van der Waals surface area contributed by atoms with Crippen molar-refractivity contribution in [2.75, 3.05) is 17.3 Å². The Morgan fingerprint density at radius 3 is 1.27 bits per heavy atom. The Kier molecular flexibility index (Phi) is 5.83. The molecular formula is C9H21OS+. The van der Waals surface area contributed by atoms with Crippen molar-refractivity contribution in [2.24, 2.45) is 0 Å². The lowest BCUT2D eigenvalue weighted by molar-refractivity contribution is 0.581. The highest BCUT2D eigenvalue weighted by molar-refractivity contribution is 8.02. The van der Waals surface area contributed by atoms with E-state index in [-0.39, 0.29) is 0 Å². The largest absolute Gasteiger partial charge is 0.112 e. The van der Waals surface area contributed by atoms with Gasteiger partial charge in [0.2, 0.25) is 0 Å². The summed E-state index contributed by atoms with van der Waals surface area (Å²) in [6, 6.07) is 0. The first-order chi connectivity index (χ1) is 5.18. The van der Waals surface area contributed by atoms with E-state index in [0.717, 1.165) is 36.5 Å². The lowest BCUT2D eigenvalue weighted by Crippen LogP contribution is -2.23. The van der Waals surface area contributed by atoms with Crippen LogP contribution in [-0.2, 0) is 14.1 Å². The van der Waals surface area contributed by atoms with E-state index in [2.05, 4.69) is 20.8 Å². The average molecular weight is 177 g/mol. The lowest BCUT2D eigenvalue weighted by atomic mass is 10.6. The van der Waals surface area contributed by atoms with E-state index in [9.17, 15) is 4.21 Å². The fraction of sp³-hybridized carbons (Fsp3) is 1.00. The summed E-state index contributed by atoms with van der Waals surface area (Å²) in [5.41, 5.74) is 0. The van der Waals surface area contributed by atoms with Crippen LogP contribution < -0.4 is 0 Å². The fourth-order valence-electron chi connectivity index (χ4n) is 1.42. The summed E-state index contributed by atoms with van der Waals surface area (Å²) < 4.78 is 12.0. The molecule has 0 aliphatic carbocycles. The summed E-state index contributed by atoms with van der Waals surface area (Å²) in [7, 11) is -1.44. The maximum Gasteiger partial charge on any atom is 0.112 e. The number of hydrogen-bond acceptors (Lipinski definition) is 1. The second-order valence-electron chi connectivity index (χ2n) is 3.08. The predicted molar refractivity (Wildman–Crippen MR) is 53.5 cm³/mol. The van der Waals surface area contributed by atoms with E-state index in [0.29, 0.717) is 0 Å². The zero-order valence-electron chi connectivity index (χ0n) is 8.06. The van der Waals surface area contributed by atoms with Crippen molar-refractivity contribution in [3.63, 3.8) is 0 Å². The molecule has 1 nitrogen and oxygen atoms in total. The van der Waals surface area contributed by atoms with Crippen LogP contribution in [0.15, 0.2) is 0 Å². The monoisotopic (exact) mass is 177 g/mol. The van der Waals surface area contributed by atoms with Crippen molar-refractivity contribution in [2.45, 2.75) is 40.0 Å². The van der Waals surface area contributed by atoms with Gasteiger partial charge in [-0.3, -0.25) is 0 Å². The first kappa shape index (κ1) is 11.2. The van der Waals surface area contributed by atoms with Crippen LogP contribution in [0.4, 0.5) is 0 Å². The average Bonchev–Trinajstić information content (AvgIpc) is 1.88. The topological polar surface area (TPSA) is 17.1 Å². The van der Waals surface area contributed by atoms with E-state index in [1.165, 1.54) is 0 Å². The summed E-state index contributed by atoms with van der Waals surface area (Å²) in [5.74, 6) is 2.82. The minimum Gasteiger partial charge on any atom is -0.106 e. The summed E-state index contributed by atoms with van der Waals surface area (Å²) >= 11 is 0. The molecule has 68 valence electrons. The molecule has 0 bridgehead atoms. The van der Waals surface area contributed by atoms with Crippen molar-refractivity contribution in [3.8, 4) is 0 Å². The Labute approximate surface area is 72.0 Å². The molecule has 0 aromatic carbocycles. The van der Waals surface area contributed by atoms with Crippen molar-refractivity contribution in [1.82, 2.24) is 0 Å². The van der Waals surface area contributed by atoms with Crippen molar-refractivity contribution < 1.29 is 4.21 Å². The van der Waals surface area contributed by atoms with Gasteiger partial charge < -0.3 is 0 Å². The highest BCUT2D eigenvalue weighted by Crippen LogP contribution is 2.10. The normalized spacial score (nSPS) is 11.9. The van der Waals surface area contributed by atoms with Gasteiger partial charge in [0.15, 0.2) is 0 Å². The number of rotatable bonds is 6. The third-order valence-electron chi connectivity index (χ3n) is 1.73. The van der Waals surface area contributed by atoms with Gasteiger partial charge in [-0.25, -0.2) is 0 Å². The van der Waals surface area contributed by atoms with Gasteiger partial charge in [-0.05, 0) is 19.3 Å². The second kappa shape index (κ2) is 5.76. The fourth-order valence-corrected chi connectivity index (χ4v) is 4.27. The molecule has 11 heavy (non-hydrogen) atoms. The highest BCUT2D eigenvalue weighted by atomic mass is 32.2. The van der Waals surface area contributed by atoms with Crippen LogP contribution >= 0.6 is 0 Å². The molecule has 0 atom stereocenters. The molecular weight excluding hydrogens is 156 g/mol. The zero-order valence-corrected chi connectivity index (χ0v) is 8.88. The molecule has 0 spiro atoms. The molecule has 0 aromatic rings. The van der Waals surface area contributed by atoms with Crippen LogP contribution in [0, 0.1) is 0 Å². The zero-order chi connectivity index (χ0) is 8.74. The number of hydrogen-bond donors (Lipinski definition) is 0. The third-order valence-corrected chi connectivity index (χ3v) is 5.19. The van der Waals surface area contributed by atoms with Gasteiger partial charge in [0.05, 0.1) is 9.93 Å². The van der Waals surface area contributed by atoms with Gasteiger partial charge in [0, 0.05) is 0 Å². The molecule has 0 unspecified atom stereocenters. The first-order valence-electron chi connectivity index (χ1n) is 4.65. The Balaban J connectivity index is 3.91. The maximum atomic E-state index is 12.0. The molecule has 0 saturated carbocycles.